The highest BCUT2D eigenvalue weighted by molar-refractivity contribution is 7.23. The van der Waals surface area contributed by atoms with E-state index in [1.807, 2.05) is 176 Å². The summed E-state index contributed by atoms with van der Waals surface area (Å²) in [6.45, 7) is 18.3. The summed E-state index contributed by atoms with van der Waals surface area (Å²) in [5.74, 6) is 4.35. The van der Waals surface area contributed by atoms with Gasteiger partial charge in [-0.1, -0.05) is 160 Å². The lowest BCUT2D eigenvalue weighted by atomic mass is 9.95. The molecule has 746 valence electrons. The number of rotatable bonds is 28. The van der Waals surface area contributed by atoms with Crippen LogP contribution < -0.4 is 28.4 Å². The van der Waals surface area contributed by atoms with Gasteiger partial charge in [0.2, 0.25) is 17.3 Å². The monoisotopic (exact) mass is 2080 g/mol. The number of methoxy groups -OCH3 is 1. The number of benzene rings is 15. The number of carbonyl (C=O) groups excluding carboxylic acids is 6. The number of ketones is 3. The lowest BCUT2D eigenvalue weighted by molar-refractivity contribution is -0.124. The molecule has 5 heterocycles. The van der Waals surface area contributed by atoms with E-state index in [2.05, 4.69) is 14.2 Å². The molecule has 20 rings (SSSR count). The second kappa shape index (κ2) is 47.6. The van der Waals surface area contributed by atoms with E-state index in [0.29, 0.717) is 106 Å². The number of halogens is 3. The minimum Gasteiger partial charge on any atom is -0.508 e. The van der Waals surface area contributed by atoms with Crippen molar-refractivity contribution in [2.45, 2.75) is 62.3 Å². The summed E-state index contributed by atoms with van der Waals surface area (Å²) >= 11 is 6.82. The molecule has 5 aromatic heterocycles. The zero-order valence-corrected chi connectivity index (χ0v) is 85.7. The quantitative estimate of drug-likeness (QED) is 0.0154. The Bertz CT molecular complexity index is 8210. The van der Waals surface area contributed by atoms with E-state index in [0.717, 1.165) is 140 Å². The molecule has 0 atom stereocenters. The van der Waals surface area contributed by atoms with Crippen LogP contribution in [0.5, 0.6) is 84.9 Å². The third-order valence-corrected chi connectivity index (χ3v) is 28.9. The van der Waals surface area contributed by atoms with Gasteiger partial charge in [0.15, 0.2) is 27.4 Å². The molecule has 0 bridgehead atoms. The van der Waals surface area contributed by atoms with E-state index in [9.17, 15) is 62.4 Å². The molecule has 0 unspecified atom stereocenters. The molecular formula is C122H93F3O19S5. The van der Waals surface area contributed by atoms with Gasteiger partial charge in [-0.2, -0.15) is 0 Å². The van der Waals surface area contributed by atoms with Gasteiger partial charge in [0.25, 0.3) is 19.4 Å². The maximum absolute atomic E-state index is 13.8. The summed E-state index contributed by atoms with van der Waals surface area (Å²) in [7, 11) is 1.65. The van der Waals surface area contributed by atoms with Crippen LogP contribution in [0.25, 0.3) is 90.9 Å². The third kappa shape index (κ3) is 25.4. The molecule has 0 aliphatic rings. The minimum absolute atomic E-state index is 0.0807. The zero-order valence-electron chi connectivity index (χ0n) is 81.7. The van der Waals surface area contributed by atoms with Crippen LogP contribution in [-0.2, 0) is 28.6 Å². The maximum Gasteiger partial charge on any atom is 0.297 e. The standard InChI is InChI=1S/C27H22O5S.C26H19FO5S.C26H20O5S.C22H17FO2S.C21H15FO2S/c1-16-12-17(2)24(18(3)13-16)25(30)27-26(22-9-6-20(29)14-23(22)33-27)32-21-7-4-19(5-8-21)10-11-31-15-28;1-15-11-18(27)12-16(2)23(15)24(30)26-25(21-8-5-19(29)13-22(21)33-26)32-20-6-3-17(4-7-20)9-10-31-14-28;1-16-3-9-21(17(2)13-16)24(29)26-25(22-10-6-19(28)14-23(22)32-26)31-20-7-4-18(5-8-20)11-12-30-15-27;1-14-3-9-17(10-4-14)25-22-21(15-5-7-16(23)8-6-15)19-12-11-18(24-2)13-20(19)26-22;1-13-2-9-17(10-3-13)24-21-20(14-4-6-15(22)7-5-14)18-11-8-16(23)12-19(18)25-21/h4-15,29H,1-3H3;3-14,29H,1-2H3;3-15,28H,1-2H3;3-13H,1-2H3;2-12,23H,1H3/b11-10+;10-9+;12-11+;;. The van der Waals surface area contributed by atoms with E-state index in [1.165, 1.54) is 112 Å². The molecule has 0 aliphatic heterocycles. The Morgan fingerprint density at radius 2 is 0.570 bits per heavy atom. The van der Waals surface area contributed by atoms with Gasteiger partial charge in [0, 0.05) is 78.2 Å². The average Bonchev–Trinajstić information content (AvgIpc) is 1.64. The molecule has 0 fully saturated rings. The Morgan fingerprint density at radius 3 is 0.919 bits per heavy atom. The smallest absolute Gasteiger partial charge is 0.297 e. The molecule has 0 saturated carbocycles. The summed E-state index contributed by atoms with van der Waals surface area (Å²) in [5.41, 5.74) is 16.1. The number of hydrogen-bond acceptors (Lipinski definition) is 24. The van der Waals surface area contributed by atoms with Crippen molar-refractivity contribution in [3.63, 3.8) is 0 Å². The fourth-order valence-corrected chi connectivity index (χ4v) is 22.1. The summed E-state index contributed by atoms with van der Waals surface area (Å²) in [5, 5.41) is 45.3. The van der Waals surface area contributed by atoms with Crippen LogP contribution in [0.3, 0.4) is 0 Å². The molecule has 0 saturated heterocycles. The number of phenols is 4. The first kappa shape index (κ1) is 104. The van der Waals surface area contributed by atoms with Crippen LogP contribution in [0.4, 0.5) is 13.2 Å². The maximum atomic E-state index is 13.8. The van der Waals surface area contributed by atoms with Crippen molar-refractivity contribution < 1.29 is 105 Å². The molecule has 149 heavy (non-hydrogen) atoms. The predicted octanol–water partition coefficient (Wildman–Crippen LogP) is 33.0. The Morgan fingerprint density at radius 1 is 0.275 bits per heavy atom. The first-order valence-corrected chi connectivity index (χ1v) is 50.3. The largest absolute Gasteiger partial charge is 0.508 e. The van der Waals surface area contributed by atoms with E-state index in [1.54, 1.807) is 184 Å². The minimum atomic E-state index is -0.396. The summed E-state index contributed by atoms with van der Waals surface area (Å²) < 4.78 is 94.6. The number of thiophene rings is 5. The topological polar surface area (TPSA) is 266 Å². The van der Waals surface area contributed by atoms with Crippen LogP contribution in [0.1, 0.15) is 112 Å². The van der Waals surface area contributed by atoms with Crippen molar-refractivity contribution in [3.05, 3.63) is 438 Å². The average molecular weight is 2080 g/mol. The van der Waals surface area contributed by atoms with Crippen LogP contribution in [0.2, 0.25) is 0 Å². The van der Waals surface area contributed by atoms with E-state index in [-0.39, 0.29) is 52.0 Å². The van der Waals surface area contributed by atoms with Crippen molar-refractivity contribution in [1.29, 1.82) is 0 Å². The number of fused-ring (bicyclic) bond motifs is 5. The number of ether oxygens (including phenoxy) is 9. The molecule has 0 aliphatic carbocycles. The van der Waals surface area contributed by atoms with Crippen molar-refractivity contribution in [3.8, 4) is 107 Å². The van der Waals surface area contributed by atoms with Gasteiger partial charge < -0.3 is 63.1 Å². The number of carbonyl (C=O) groups is 6. The fourth-order valence-electron chi connectivity index (χ4n) is 16.5. The molecule has 15 aromatic carbocycles. The first-order chi connectivity index (χ1) is 71.9. The van der Waals surface area contributed by atoms with Crippen molar-refractivity contribution in [2.75, 3.05) is 7.11 Å². The van der Waals surface area contributed by atoms with Crippen molar-refractivity contribution in [1.82, 2.24) is 0 Å². The van der Waals surface area contributed by atoms with E-state index < -0.39 is 5.82 Å². The molecule has 27 heteroatoms. The predicted molar refractivity (Wildman–Crippen MR) is 586 cm³/mol. The highest BCUT2D eigenvalue weighted by Crippen LogP contribution is 2.52. The van der Waals surface area contributed by atoms with Gasteiger partial charge in [0.05, 0.1) is 25.9 Å². The summed E-state index contributed by atoms with van der Waals surface area (Å²) in [6.07, 6.45) is 8.78. The van der Waals surface area contributed by atoms with Gasteiger partial charge in [-0.05, 0) is 324 Å². The number of aryl methyl sites for hydroxylation is 9. The van der Waals surface area contributed by atoms with Gasteiger partial charge in [-0.15, -0.1) is 34.0 Å². The Kier molecular flexibility index (Phi) is 33.3. The molecule has 0 spiro atoms. The van der Waals surface area contributed by atoms with Crippen LogP contribution in [0, 0.1) is 79.8 Å². The third-order valence-electron chi connectivity index (χ3n) is 23.5. The van der Waals surface area contributed by atoms with Gasteiger partial charge in [0.1, 0.15) is 89.6 Å². The van der Waals surface area contributed by atoms with Gasteiger partial charge >= 0.3 is 0 Å². The molecule has 20 aromatic rings. The van der Waals surface area contributed by atoms with Crippen LogP contribution in [-0.4, -0.2) is 64.3 Å². The molecule has 4 N–H and O–H groups in total. The molecular weight excluding hydrogens is 1990 g/mol. The van der Waals surface area contributed by atoms with E-state index in [4.69, 9.17) is 28.4 Å². The second-order valence-corrected chi connectivity index (χ2v) is 39.5. The second-order valence-electron chi connectivity index (χ2n) is 34.4. The molecule has 19 nitrogen and oxygen atoms in total. The van der Waals surface area contributed by atoms with Gasteiger partial charge in [-0.25, -0.2) is 13.2 Å². The molecule has 0 amide bonds. The van der Waals surface area contributed by atoms with Crippen LogP contribution in [0.15, 0.2) is 322 Å². The van der Waals surface area contributed by atoms with E-state index >= 15 is 0 Å². The normalized spacial score (nSPS) is 11.0. The van der Waals surface area contributed by atoms with Gasteiger partial charge in [-0.3, -0.25) is 28.8 Å². The molecule has 0 radical (unpaired) electrons. The number of phenolic OH excluding ortho intramolecular Hbond substituents is 4. The Labute approximate surface area is 874 Å². The zero-order chi connectivity index (χ0) is 105. The first-order valence-electron chi connectivity index (χ1n) is 46.2. The lowest BCUT2D eigenvalue weighted by Crippen LogP contribution is -2.06. The lowest BCUT2D eigenvalue weighted by Gasteiger charge is -2.12. The summed E-state index contributed by atoms with van der Waals surface area (Å²) in [4.78, 5) is 72.8. The fraction of sp³-hybridized carbons (Fsp3) is 0.0820. The van der Waals surface area contributed by atoms with Crippen LogP contribution >= 0.6 is 56.7 Å². The SMILES string of the molecule is COc1ccc2c(-c3ccc(F)cc3)c(Oc3ccc(C)cc3)sc2c1.Cc1cc(C)c(C(=O)c2sc3cc(O)ccc3c2Oc2ccc(/C=C/OC=O)cc2)c(C)c1.Cc1cc(F)cc(C)c1C(=O)c1sc2cc(O)ccc2c1Oc1ccc(/C=C/OC=O)cc1.Cc1ccc(C(=O)c2sc3cc(O)ccc3c2Oc2ccc(/C=C/OC=O)cc2)c(C)c1.Cc1ccc(Oc2sc3cc(O)ccc3c2-c2ccc(F)cc2)cc1. The Balaban J connectivity index is 0.000000133. The summed E-state index contributed by atoms with van der Waals surface area (Å²) in [6, 6.07) is 88.3. The number of hydrogen-bond donors (Lipinski definition) is 4. The van der Waals surface area contributed by atoms with Crippen molar-refractivity contribution in [2.24, 2.45) is 0 Å². The highest BCUT2D eigenvalue weighted by Gasteiger charge is 2.30. The Hall–Kier alpha value is -17.5. The number of aromatic hydroxyl groups is 4. The van der Waals surface area contributed by atoms with Crippen molar-refractivity contribution >= 4 is 162 Å². The highest BCUT2D eigenvalue weighted by atomic mass is 32.1.